The Labute approximate surface area is 230 Å². The monoisotopic (exact) mass is 537 g/mol. The summed E-state index contributed by atoms with van der Waals surface area (Å²) in [5.41, 5.74) is 3.19. The van der Waals surface area contributed by atoms with Crippen molar-refractivity contribution in [3.63, 3.8) is 0 Å². The van der Waals surface area contributed by atoms with Crippen LogP contribution in [0.25, 0.3) is 0 Å². The first-order chi connectivity index (χ1) is 18.2. The molecule has 0 aliphatic carbocycles. The molecule has 38 heavy (non-hydrogen) atoms. The average molecular weight is 538 g/mol. The molecule has 0 aromatic heterocycles. The quantitative estimate of drug-likeness (QED) is 0.410. The van der Waals surface area contributed by atoms with E-state index in [2.05, 4.69) is 13.8 Å². The Balaban J connectivity index is 1.48. The van der Waals surface area contributed by atoms with E-state index in [1.807, 2.05) is 56.1 Å². The molecule has 2 aliphatic rings. The van der Waals surface area contributed by atoms with Gasteiger partial charge in [-0.15, -0.1) is 0 Å². The number of nitrogens with zero attached hydrogens (tertiary/aromatic N) is 3. The number of carbonyl (C=O) groups is 2. The van der Waals surface area contributed by atoms with Gasteiger partial charge >= 0.3 is 0 Å². The van der Waals surface area contributed by atoms with Crippen LogP contribution in [-0.2, 0) is 4.79 Å². The fourth-order valence-electron chi connectivity index (χ4n) is 4.77. The van der Waals surface area contributed by atoms with Crippen molar-refractivity contribution < 1.29 is 19.1 Å². The van der Waals surface area contributed by atoms with Crippen molar-refractivity contribution in [2.45, 2.75) is 53.0 Å². The van der Waals surface area contributed by atoms with E-state index in [9.17, 15) is 9.59 Å². The Morgan fingerprint density at radius 3 is 2.63 bits per heavy atom. The second-order valence-electron chi connectivity index (χ2n) is 10.1. The van der Waals surface area contributed by atoms with Crippen LogP contribution < -0.4 is 9.47 Å². The van der Waals surface area contributed by atoms with E-state index in [-0.39, 0.29) is 36.5 Å². The van der Waals surface area contributed by atoms with Gasteiger partial charge in [-0.2, -0.15) is 0 Å². The highest BCUT2D eigenvalue weighted by Gasteiger charge is 2.34. The molecule has 2 aromatic rings. The number of piperazine rings is 1. The van der Waals surface area contributed by atoms with E-state index in [0.717, 1.165) is 17.6 Å². The summed E-state index contributed by atoms with van der Waals surface area (Å²) in [7, 11) is 0. The van der Waals surface area contributed by atoms with Crippen molar-refractivity contribution in [3.8, 4) is 11.5 Å². The zero-order chi connectivity index (χ0) is 27.4. The number of halogens is 1. The molecule has 3 unspecified atom stereocenters. The fourth-order valence-corrected chi connectivity index (χ4v) is 4.97. The number of ether oxygens (including phenoxy) is 2. The van der Waals surface area contributed by atoms with Crippen LogP contribution >= 0.6 is 11.6 Å². The molecular weight excluding hydrogens is 502 g/mol. The second-order valence-corrected chi connectivity index (χ2v) is 10.5. The number of allylic oxidation sites excluding steroid dienone is 1. The summed E-state index contributed by atoms with van der Waals surface area (Å²) >= 11 is 6.18. The number of para-hydroxylation sites is 1. The zero-order valence-corrected chi connectivity index (χ0v) is 23.5. The van der Waals surface area contributed by atoms with E-state index in [1.54, 1.807) is 23.1 Å². The van der Waals surface area contributed by atoms with E-state index in [1.165, 1.54) is 0 Å². The number of hydrogen-bond acceptors (Lipinski definition) is 5. The normalized spacial score (nSPS) is 19.4. The Morgan fingerprint density at radius 1 is 1.16 bits per heavy atom. The summed E-state index contributed by atoms with van der Waals surface area (Å²) in [6.07, 6.45) is 2.61. The smallest absolute Gasteiger partial charge is 0.268 e. The van der Waals surface area contributed by atoms with Crippen LogP contribution in [0.15, 0.2) is 59.2 Å². The van der Waals surface area contributed by atoms with Gasteiger partial charge in [0.25, 0.3) is 11.8 Å². The van der Waals surface area contributed by atoms with Gasteiger partial charge in [0.2, 0.25) is 6.79 Å². The lowest BCUT2D eigenvalue weighted by molar-refractivity contribution is -0.126. The van der Waals surface area contributed by atoms with Crippen LogP contribution in [-0.4, -0.2) is 59.8 Å². The van der Waals surface area contributed by atoms with E-state index in [4.69, 9.17) is 26.1 Å². The van der Waals surface area contributed by atoms with E-state index in [0.29, 0.717) is 47.4 Å². The number of benzene rings is 2. The third-order valence-corrected chi connectivity index (χ3v) is 7.77. The molecule has 0 bridgehead atoms. The van der Waals surface area contributed by atoms with Crippen molar-refractivity contribution >= 4 is 29.1 Å². The molecule has 1 fully saturated rings. The molecule has 2 heterocycles. The second kappa shape index (κ2) is 12.0. The molecule has 8 heteroatoms. The molecule has 202 valence electrons. The topological polar surface area (TPSA) is 71.4 Å². The predicted molar refractivity (Wildman–Crippen MR) is 150 cm³/mol. The van der Waals surface area contributed by atoms with E-state index < -0.39 is 0 Å². The molecule has 4 rings (SSSR count). The number of fused-ring (bicyclic) bond motifs is 1. The summed E-state index contributed by atoms with van der Waals surface area (Å²) < 4.78 is 11.0. The number of carbonyl (C=O) groups excluding carboxylic acids is 2. The van der Waals surface area contributed by atoms with Gasteiger partial charge in [0.15, 0.2) is 11.5 Å². The van der Waals surface area contributed by atoms with Gasteiger partial charge in [0.05, 0.1) is 5.56 Å². The van der Waals surface area contributed by atoms with E-state index >= 15 is 0 Å². The summed E-state index contributed by atoms with van der Waals surface area (Å²) in [5.74, 6) is 1.01. The minimum Gasteiger partial charge on any atom is -0.454 e. The van der Waals surface area contributed by atoms with Gasteiger partial charge < -0.3 is 19.3 Å². The van der Waals surface area contributed by atoms with Crippen molar-refractivity contribution in [1.29, 1.82) is 0 Å². The molecule has 3 atom stereocenters. The van der Waals surface area contributed by atoms with Crippen molar-refractivity contribution in [1.82, 2.24) is 9.80 Å². The maximum absolute atomic E-state index is 13.6. The first kappa shape index (κ1) is 27.7. The highest BCUT2D eigenvalue weighted by molar-refractivity contribution is 6.39. The highest BCUT2D eigenvalue weighted by Crippen LogP contribution is 2.36. The molecule has 2 aliphatic heterocycles. The predicted octanol–water partition coefficient (Wildman–Crippen LogP) is 5.94. The number of rotatable bonds is 7. The van der Waals surface area contributed by atoms with Crippen LogP contribution in [0.1, 0.15) is 62.9 Å². The molecule has 2 aromatic carbocycles. The third-order valence-electron chi connectivity index (χ3n) is 7.54. The van der Waals surface area contributed by atoms with Gasteiger partial charge in [-0.3, -0.25) is 14.6 Å². The average Bonchev–Trinajstić information content (AvgIpc) is 3.41. The Morgan fingerprint density at radius 2 is 1.92 bits per heavy atom. The largest absolute Gasteiger partial charge is 0.454 e. The van der Waals surface area contributed by atoms with Gasteiger partial charge in [-0.1, -0.05) is 50.6 Å². The standard InChI is InChI=1S/C30H36ClN3O4/c1-6-19(2)27(32-16-20(3)22(5)23-9-7-10-24(31)15-23)30(36)33-13-14-34(21(4)17-33)29(35)25-11-8-12-26-28(25)38-18-37-26/h7-12,15-16,19,21-22H,6,13-14,17-18H2,1-5H3/b20-16+,32-27?. The van der Waals surface area contributed by atoms with Gasteiger partial charge in [-0.05, 0) is 55.7 Å². The minimum absolute atomic E-state index is 0.00653. The third kappa shape index (κ3) is 5.88. The zero-order valence-electron chi connectivity index (χ0n) is 22.7. The van der Waals surface area contributed by atoms with Crippen LogP contribution in [0.4, 0.5) is 0 Å². The SMILES string of the molecule is CCC(C)C(=N/C=C(\C)C(C)c1cccc(Cl)c1)C(=O)N1CCN(C(=O)c2cccc3c2OCO3)C(C)C1. The Bertz CT molecular complexity index is 1260. The van der Waals surface area contributed by atoms with Crippen LogP contribution in [0, 0.1) is 5.92 Å². The maximum Gasteiger partial charge on any atom is 0.268 e. The summed E-state index contributed by atoms with van der Waals surface area (Å²) in [4.78, 5) is 35.4. The molecule has 1 saturated heterocycles. The molecular formula is C30H36ClN3O4. The van der Waals surface area contributed by atoms with Gasteiger partial charge in [0, 0.05) is 48.7 Å². The lowest BCUT2D eigenvalue weighted by atomic mass is 9.94. The summed E-state index contributed by atoms with van der Waals surface area (Å²) in [6, 6.07) is 13.0. The summed E-state index contributed by atoms with van der Waals surface area (Å²) in [5, 5.41) is 0.699. The lowest BCUT2D eigenvalue weighted by Gasteiger charge is -2.40. The first-order valence-corrected chi connectivity index (χ1v) is 13.6. The van der Waals surface area contributed by atoms with Crippen molar-refractivity contribution in [2.75, 3.05) is 26.4 Å². The number of amides is 2. The first-order valence-electron chi connectivity index (χ1n) is 13.2. The Hall–Kier alpha value is -3.32. The van der Waals surface area contributed by atoms with Gasteiger partial charge in [0.1, 0.15) is 5.71 Å². The Kier molecular flexibility index (Phi) is 8.77. The molecule has 0 radical (unpaired) electrons. The van der Waals surface area contributed by atoms with Crippen LogP contribution in [0.2, 0.25) is 5.02 Å². The highest BCUT2D eigenvalue weighted by atomic mass is 35.5. The summed E-state index contributed by atoms with van der Waals surface area (Å²) in [6.45, 7) is 11.6. The molecule has 0 spiro atoms. The minimum atomic E-state index is -0.156. The maximum atomic E-state index is 13.6. The molecule has 7 nitrogen and oxygen atoms in total. The lowest BCUT2D eigenvalue weighted by Crippen LogP contribution is -2.57. The molecule has 2 amide bonds. The molecule has 0 N–H and O–H groups in total. The van der Waals surface area contributed by atoms with Gasteiger partial charge in [-0.25, -0.2) is 0 Å². The fraction of sp³-hybridized carbons (Fsp3) is 0.433. The van der Waals surface area contributed by atoms with Crippen molar-refractivity contribution in [3.05, 3.63) is 70.4 Å². The van der Waals surface area contributed by atoms with Crippen LogP contribution in [0.5, 0.6) is 11.5 Å². The number of hydrogen-bond donors (Lipinski definition) is 0. The molecule has 0 saturated carbocycles. The van der Waals surface area contributed by atoms with Crippen LogP contribution in [0.3, 0.4) is 0 Å². The number of aliphatic imine (C=N–C) groups is 1. The van der Waals surface area contributed by atoms with Crippen molar-refractivity contribution in [2.24, 2.45) is 10.9 Å².